The van der Waals surface area contributed by atoms with E-state index in [1.165, 1.54) is 0 Å². The second-order valence-electron chi connectivity index (χ2n) is 5.41. The molecule has 1 saturated carbocycles. The van der Waals surface area contributed by atoms with Gasteiger partial charge in [0.15, 0.2) is 0 Å². The summed E-state index contributed by atoms with van der Waals surface area (Å²) >= 11 is 1.62. The number of rotatable bonds is 5. The first-order valence-corrected chi connectivity index (χ1v) is 8.26. The molecule has 0 aliphatic heterocycles. The summed E-state index contributed by atoms with van der Waals surface area (Å²) in [5, 5.41) is 15.0. The molecule has 2 aromatic rings. The van der Waals surface area contributed by atoms with Crippen molar-refractivity contribution >= 4 is 23.1 Å². The van der Waals surface area contributed by atoms with Gasteiger partial charge in [-0.15, -0.1) is 11.3 Å². The molecule has 3 rings (SSSR count). The van der Waals surface area contributed by atoms with Crippen LogP contribution in [0.4, 0.5) is 10.5 Å². The van der Waals surface area contributed by atoms with Crippen LogP contribution in [0.25, 0.3) is 11.3 Å². The topological polar surface area (TPSA) is 65.5 Å². The molecule has 0 atom stereocenters. The molecule has 0 bridgehead atoms. The van der Waals surface area contributed by atoms with Gasteiger partial charge in [0.2, 0.25) is 0 Å². The summed E-state index contributed by atoms with van der Waals surface area (Å²) in [6.07, 6.45) is 2.05. The van der Waals surface area contributed by atoms with Crippen molar-refractivity contribution in [3.63, 3.8) is 0 Å². The number of urea groups is 1. The third-order valence-electron chi connectivity index (χ3n) is 3.64. The number of hydrogen-bond donors (Lipinski definition) is 2. The molecule has 1 fully saturated rings. The minimum Gasteiger partial charge on any atom is -0.395 e. The molecule has 1 aromatic carbocycles. The smallest absolute Gasteiger partial charge is 0.322 e. The average Bonchev–Trinajstić information content (AvgIpc) is 3.26. The molecule has 2 amide bonds. The van der Waals surface area contributed by atoms with Crippen LogP contribution in [-0.2, 0) is 0 Å². The molecule has 1 heterocycles. The predicted octanol–water partition coefficient (Wildman–Crippen LogP) is 3.11. The van der Waals surface area contributed by atoms with Crippen LogP contribution in [0.1, 0.15) is 17.8 Å². The standard InChI is InChI=1S/C16H19N3O2S/c1-11-17-15(10-22-11)12-2-4-13(5-3-12)18-16(21)19(8-9-20)14-6-7-14/h2-5,10,14,20H,6-9H2,1H3,(H,18,21). The van der Waals surface area contributed by atoms with E-state index < -0.39 is 0 Å². The van der Waals surface area contributed by atoms with Crippen molar-refractivity contribution in [3.05, 3.63) is 34.7 Å². The first-order chi connectivity index (χ1) is 10.7. The van der Waals surface area contributed by atoms with Crippen molar-refractivity contribution in [2.75, 3.05) is 18.5 Å². The van der Waals surface area contributed by atoms with Crippen molar-refractivity contribution < 1.29 is 9.90 Å². The molecule has 22 heavy (non-hydrogen) atoms. The minimum atomic E-state index is -0.145. The molecular formula is C16H19N3O2S. The Morgan fingerprint density at radius 2 is 2.14 bits per heavy atom. The Labute approximate surface area is 133 Å². The number of thiazole rings is 1. The predicted molar refractivity (Wildman–Crippen MR) is 88.1 cm³/mol. The summed E-state index contributed by atoms with van der Waals surface area (Å²) < 4.78 is 0. The number of aliphatic hydroxyl groups excluding tert-OH is 1. The zero-order valence-corrected chi connectivity index (χ0v) is 13.3. The Bertz CT molecular complexity index is 650. The van der Waals surface area contributed by atoms with Crippen molar-refractivity contribution in [1.29, 1.82) is 0 Å². The maximum Gasteiger partial charge on any atom is 0.322 e. The second kappa shape index (κ2) is 6.46. The molecule has 5 nitrogen and oxygen atoms in total. The van der Waals surface area contributed by atoms with E-state index in [4.69, 9.17) is 5.11 Å². The Balaban J connectivity index is 1.66. The molecule has 2 N–H and O–H groups in total. The number of amides is 2. The number of aryl methyl sites for hydroxylation is 1. The molecule has 6 heteroatoms. The van der Waals surface area contributed by atoms with Crippen molar-refractivity contribution in [1.82, 2.24) is 9.88 Å². The van der Waals surface area contributed by atoms with Gasteiger partial charge in [0.1, 0.15) is 0 Å². The zero-order chi connectivity index (χ0) is 15.5. The summed E-state index contributed by atoms with van der Waals surface area (Å²) in [7, 11) is 0. The van der Waals surface area contributed by atoms with Crippen LogP contribution in [0, 0.1) is 6.92 Å². The van der Waals surface area contributed by atoms with E-state index in [2.05, 4.69) is 10.3 Å². The highest BCUT2D eigenvalue weighted by Crippen LogP contribution is 2.27. The van der Waals surface area contributed by atoms with Crippen LogP contribution < -0.4 is 5.32 Å². The molecule has 0 radical (unpaired) electrons. The van der Waals surface area contributed by atoms with E-state index in [1.807, 2.05) is 36.6 Å². The molecule has 1 aromatic heterocycles. The van der Waals surface area contributed by atoms with Gasteiger partial charge >= 0.3 is 6.03 Å². The Morgan fingerprint density at radius 3 is 2.68 bits per heavy atom. The second-order valence-corrected chi connectivity index (χ2v) is 6.47. The fraction of sp³-hybridized carbons (Fsp3) is 0.375. The largest absolute Gasteiger partial charge is 0.395 e. The number of carbonyl (C=O) groups is 1. The molecule has 0 unspecified atom stereocenters. The van der Waals surface area contributed by atoms with Crippen LogP contribution in [-0.4, -0.2) is 40.2 Å². The van der Waals surface area contributed by atoms with Gasteiger partial charge in [-0.25, -0.2) is 9.78 Å². The van der Waals surface area contributed by atoms with E-state index in [-0.39, 0.29) is 18.7 Å². The van der Waals surface area contributed by atoms with E-state index in [0.29, 0.717) is 6.54 Å². The third kappa shape index (κ3) is 3.45. The van der Waals surface area contributed by atoms with Crippen LogP contribution in [0.5, 0.6) is 0 Å². The number of aliphatic hydroxyl groups is 1. The molecule has 0 saturated heterocycles. The Kier molecular flexibility index (Phi) is 4.40. The van der Waals surface area contributed by atoms with Gasteiger partial charge in [0, 0.05) is 29.2 Å². The lowest BCUT2D eigenvalue weighted by Gasteiger charge is -2.21. The van der Waals surface area contributed by atoms with Crippen LogP contribution in [0.3, 0.4) is 0 Å². The lowest BCUT2D eigenvalue weighted by atomic mass is 10.1. The number of anilines is 1. The van der Waals surface area contributed by atoms with Gasteiger partial charge < -0.3 is 15.3 Å². The van der Waals surface area contributed by atoms with Crippen LogP contribution in [0.2, 0.25) is 0 Å². The summed E-state index contributed by atoms with van der Waals surface area (Å²) in [4.78, 5) is 18.4. The van der Waals surface area contributed by atoms with Crippen LogP contribution >= 0.6 is 11.3 Å². The molecular weight excluding hydrogens is 298 g/mol. The summed E-state index contributed by atoms with van der Waals surface area (Å²) in [5.74, 6) is 0. The quantitative estimate of drug-likeness (QED) is 0.890. The van der Waals surface area contributed by atoms with E-state index in [9.17, 15) is 4.79 Å². The fourth-order valence-electron chi connectivity index (χ4n) is 2.36. The normalized spacial score (nSPS) is 13.9. The van der Waals surface area contributed by atoms with Gasteiger partial charge in [-0.2, -0.15) is 0 Å². The zero-order valence-electron chi connectivity index (χ0n) is 12.5. The van der Waals surface area contributed by atoms with E-state index in [0.717, 1.165) is 34.8 Å². The Hall–Kier alpha value is -1.92. The number of nitrogens with zero attached hydrogens (tertiary/aromatic N) is 2. The van der Waals surface area contributed by atoms with Crippen molar-refractivity contribution in [2.24, 2.45) is 0 Å². The summed E-state index contributed by atoms with van der Waals surface area (Å²) in [6, 6.07) is 7.81. The van der Waals surface area contributed by atoms with Gasteiger partial charge in [-0.1, -0.05) is 12.1 Å². The van der Waals surface area contributed by atoms with Gasteiger partial charge in [0.25, 0.3) is 0 Å². The van der Waals surface area contributed by atoms with Crippen LogP contribution in [0.15, 0.2) is 29.6 Å². The number of carbonyl (C=O) groups excluding carboxylic acids is 1. The molecule has 0 spiro atoms. The highest BCUT2D eigenvalue weighted by Gasteiger charge is 2.32. The summed E-state index contributed by atoms with van der Waals surface area (Å²) in [6.45, 7) is 2.36. The SMILES string of the molecule is Cc1nc(-c2ccc(NC(=O)N(CCO)C3CC3)cc2)cs1. The number of nitrogens with one attached hydrogen (secondary N) is 1. The lowest BCUT2D eigenvalue weighted by molar-refractivity contribution is 0.185. The number of benzene rings is 1. The first-order valence-electron chi connectivity index (χ1n) is 7.38. The van der Waals surface area contributed by atoms with Crippen molar-refractivity contribution in [3.8, 4) is 11.3 Å². The third-order valence-corrected chi connectivity index (χ3v) is 4.41. The highest BCUT2D eigenvalue weighted by molar-refractivity contribution is 7.09. The maximum atomic E-state index is 12.2. The van der Waals surface area contributed by atoms with Gasteiger partial charge in [-0.3, -0.25) is 0 Å². The number of hydrogen-bond acceptors (Lipinski definition) is 4. The monoisotopic (exact) mass is 317 g/mol. The highest BCUT2D eigenvalue weighted by atomic mass is 32.1. The molecule has 1 aliphatic rings. The molecule has 116 valence electrons. The maximum absolute atomic E-state index is 12.2. The van der Waals surface area contributed by atoms with Crippen molar-refractivity contribution in [2.45, 2.75) is 25.8 Å². The summed E-state index contributed by atoms with van der Waals surface area (Å²) in [5.41, 5.74) is 2.75. The van der Waals surface area contributed by atoms with E-state index in [1.54, 1.807) is 16.2 Å². The average molecular weight is 317 g/mol. The first kappa shape index (κ1) is 15.0. The van der Waals surface area contributed by atoms with Gasteiger partial charge in [0.05, 0.1) is 17.3 Å². The number of aromatic nitrogens is 1. The fourth-order valence-corrected chi connectivity index (χ4v) is 2.98. The lowest BCUT2D eigenvalue weighted by Crippen LogP contribution is -2.38. The minimum absolute atomic E-state index is 0.00790. The Morgan fingerprint density at radius 1 is 1.41 bits per heavy atom. The molecule has 1 aliphatic carbocycles. The van der Waals surface area contributed by atoms with Gasteiger partial charge in [-0.05, 0) is 31.9 Å². The van der Waals surface area contributed by atoms with E-state index >= 15 is 0 Å².